The molecule has 0 fully saturated rings. The minimum absolute atomic E-state index is 0.413. The van der Waals surface area contributed by atoms with Crippen molar-refractivity contribution in [1.29, 1.82) is 0 Å². The summed E-state index contributed by atoms with van der Waals surface area (Å²) in [6, 6.07) is 3.31. The lowest BCUT2D eigenvalue weighted by Crippen LogP contribution is -1.90. The van der Waals surface area contributed by atoms with Gasteiger partial charge in [0.1, 0.15) is 5.75 Å². The highest BCUT2D eigenvalue weighted by atomic mass is 79.9. The van der Waals surface area contributed by atoms with Crippen LogP contribution in [0.15, 0.2) is 16.6 Å². The Morgan fingerprint density at radius 3 is 2.75 bits per heavy atom. The van der Waals surface area contributed by atoms with E-state index in [1.54, 1.807) is 12.1 Å². The molecule has 0 saturated heterocycles. The molecule has 0 aliphatic rings. The number of aldehydes is 1. The fourth-order valence-electron chi connectivity index (χ4n) is 0.815. The van der Waals surface area contributed by atoms with Gasteiger partial charge in [0.25, 0.3) is 0 Å². The van der Waals surface area contributed by atoms with Gasteiger partial charge in [0.05, 0.1) is 22.2 Å². The number of halogens is 2. The number of hydrogen-bond donors (Lipinski definition) is 0. The lowest BCUT2D eigenvalue weighted by atomic mass is 10.2. The van der Waals surface area contributed by atoms with Gasteiger partial charge in [-0.3, -0.25) is 4.79 Å². The predicted octanol–water partition coefficient (Wildman–Crippen LogP) is 2.92. The van der Waals surface area contributed by atoms with Gasteiger partial charge >= 0.3 is 0 Å². The minimum atomic E-state index is 0.413. The Labute approximate surface area is 83.6 Å². The SMILES string of the molecule is COc1ccc(Cl)c(C=O)c1Br. The Balaban J connectivity index is 3.33. The minimum Gasteiger partial charge on any atom is -0.496 e. The maximum atomic E-state index is 10.5. The summed E-state index contributed by atoms with van der Waals surface area (Å²) >= 11 is 8.95. The molecule has 0 aliphatic carbocycles. The molecule has 1 rings (SSSR count). The van der Waals surface area contributed by atoms with Crippen molar-refractivity contribution in [2.24, 2.45) is 0 Å². The van der Waals surface area contributed by atoms with Crippen LogP contribution in [0.4, 0.5) is 0 Å². The van der Waals surface area contributed by atoms with E-state index in [4.69, 9.17) is 16.3 Å². The standard InChI is InChI=1S/C8H6BrClO2/c1-12-7-3-2-6(10)5(4-11)8(7)9/h2-4H,1H3. The van der Waals surface area contributed by atoms with E-state index in [-0.39, 0.29) is 0 Å². The number of carbonyl (C=O) groups excluding carboxylic acids is 1. The molecule has 12 heavy (non-hydrogen) atoms. The third-order valence-electron chi connectivity index (χ3n) is 1.43. The van der Waals surface area contributed by atoms with Crippen LogP contribution in [-0.2, 0) is 0 Å². The average Bonchev–Trinajstić information content (AvgIpc) is 2.06. The van der Waals surface area contributed by atoms with Crippen molar-refractivity contribution in [3.63, 3.8) is 0 Å². The first-order valence-electron chi connectivity index (χ1n) is 3.18. The number of ether oxygens (including phenoxy) is 1. The Bertz CT molecular complexity index is 312. The maximum Gasteiger partial charge on any atom is 0.152 e. The van der Waals surface area contributed by atoms with Crippen LogP contribution in [0.5, 0.6) is 5.75 Å². The zero-order valence-electron chi connectivity index (χ0n) is 6.30. The first-order valence-corrected chi connectivity index (χ1v) is 4.35. The molecule has 0 bridgehead atoms. The normalized spacial score (nSPS) is 9.58. The van der Waals surface area contributed by atoms with Crippen molar-refractivity contribution < 1.29 is 9.53 Å². The van der Waals surface area contributed by atoms with Crippen molar-refractivity contribution in [2.45, 2.75) is 0 Å². The van der Waals surface area contributed by atoms with Gasteiger partial charge in [-0.1, -0.05) is 11.6 Å². The van der Waals surface area contributed by atoms with Gasteiger partial charge in [-0.05, 0) is 28.1 Å². The average molecular weight is 249 g/mol. The second-order valence-corrected chi connectivity index (χ2v) is 3.30. The molecule has 0 N–H and O–H groups in total. The molecule has 0 radical (unpaired) electrons. The van der Waals surface area contributed by atoms with Crippen molar-refractivity contribution in [3.05, 3.63) is 27.2 Å². The molecule has 4 heteroatoms. The van der Waals surface area contributed by atoms with E-state index in [1.807, 2.05) is 0 Å². The largest absolute Gasteiger partial charge is 0.496 e. The molecule has 0 atom stereocenters. The number of methoxy groups -OCH3 is 1. The van der Waals surface area contributed by atoms with E-state index in [2.05, 4.69) is 15.9 Å². The van der Waals surface area contributed by atoms with Crippen LogP contribution < -0.4 is 4.74 Å². The molecule has 0 spiro atoms. The molecule has 64 valence electrons. The van der Waals surface area contributed by atoms with Crippen molar-refractivity contribution >= 4 is 33.8 Å². The third-order valence-corrected chi connectivity index (χ3v) is 2.58. The molecule has 0 aromatic heterocycles. The summed E-state index contributed by atoms with van der Waals surface area (Å²) < 4.78 is 5.57. The third kappa shape index (κ3) is 1.62. The highest BCUT2D eigenvalue weighted by Gasteiger charge is 2.08. The highest BCUT2D eigenvalue weighted by molar-refractivity contribution is 9.10. The van der Waals surface area contributed by atoms with E-state index in [0.29, 0.717) is 27.1 Å². The second-order valence-electron chi connectivity index (χ2n) is 2.10. The fraction of sp³-hybridized carbons (Fsp3) is 0.125. The number of benzene rings is 1. The van der Waals surface area contributed by atoms with Gasteiger partial charge < -0.3 is 4.74 Å². The second kappa shape index (κ2) is 3.92. The molecular formula is C8H6BrClO2. The Hall–Kier alpha value is -0.540. The zero-order valence-corrected chi connectivity index (χ0v) is 8.65. The smallest absolute Gasteiger partial charge is 0.152 e. The predicted molar refractivity (Wildman–Crippen MR) is 51.1 cm³/mol. The molecule has 0 amide bonds. The first kappa shape index (κ1) is 9.55. The van der Waals surface area contributed by atoms with Crippen LogP contribution in [-0.4, -0.2) is 13.4 Å². The van der Waals surface area contributed by atoms with E-state index < -0.39 is 0 Å². The van der Waals surface area contributed by atoms with Gasteiger partial charge in [-0.25, -0.2) is 0 Å². The first-order chi connectivity index (χ1) is 5.70. The lowest BCUT2D eigenvalue weighted by molar-refractivity contribution is 0.112. The fourth-order valence-corrected chi connectivity index (χ4v) is 1.73. The molecule has 0 heterocycles. The van der Waals surface area contributed by atoms with Crippen LogP contribution in [0.25, 0.3) is 0 Å². The molecule has 0 aliphatic heterocycles. The quantitative estimate of drug-likeness (QED) is 0.753. The van der Waals surface area contributed by atoms with Crippen LogP contribution in [0.3, 0.4) is 0 Å². The highest BCUT2D eigenvalue weighted by Crippen LogP contribution is 2.31. The summed E-state index contributed by atoms with van der Waals surface area (Å²) in [5.41, 5.74) is 0.413. The Morgan fingerprint density at radius 2 is 2.25 bits per heavy atom. The summed E-state index contributed by atoms with van der Waals surface area (Å²) in [5, 5.41) is 0.415. The van der Waals surface area contributed by atoms with Gasteiger partial charge in [-0.15, -0.1) is 0 Å². The Kier molecular flexibility index (Phi) is 3.12. The summed E-state index contributed by atoms with van der Waals surface area (Å²) in [6.45, 7) is 0. The van der Waals surface area contributed by atoms with Crippen LogP contribution in [0, 0.1) is 0 Å². The van der Waals surface area contributed by atoms with Crippen LogP contribution in [0.1, 0.15) is 10.4 Å². The van der Waals surface area contributed by atoms with E-state index >= 15 is 0 Å². The molecule has 2 nitrogen and oxygen atoms in total. The van der Waals surface area contributed by atoms with Gasteiger partial charge in [-0.2, -0.15) is 0 Å². The lowest BCUT2D eigenvalue weighted by Gasteiger charge is -2.05. The summed E-state index contributed by atoms with van der Waals surface area (Å²) in [6.07, 6.45) is 0.689. The van der Waals surface area contributed by atoms with Crippen LogP contribution in [0.2, 0.25) is 5.02 Å². The van der Waals surface area contributed by atoms with Crippen molar-refractivity contribution in [1.82, 2.24) is 0 Å². The number of hydrogen-bond acceptors (Lipinski definition) is 2. The topological polar surface area (TPSA) is 26.3 Å². The van der Waals surface area contributed by atoms with Crippen molar-refractivity contribution in [3.8, 4) is 5.75 Å². The van der Waals surface area contributed by atoms with Gasteiger partial charge in [0.2, 0.25) is 0 Å². The van der Waals surface area contributed by atoms with E-state index in [1.165, 1.54) is 7.11 Å². The van der Waals surface area contributed by atoms with E-state index in [0.717, 1.165) is 0 Å². The summed E-state index contributed by atoms with van der Waals surface area (Å²) in [5.74, 6) is 0.599. The van der Waals surface area contributed by atoms with Crippen molar-refractivity contribution in [2.75, 3.05) is 7.11 Å². The van der Waals surface area contributed by atoms with E-state index in [9.17, 15) is 4.79 Å². The van der Waals surface area contributed by atoms with Gasteiger partial charge in [0.15, 0.2) is 6.29 Å². The summed E-state index contributed by atoms with van der Waals surface area (Å²) in [4.78, 5) is 10.5. The molecule has 1 aromatic rings. The number of rotatable bonds is 2. The zero-order chi connectivity index (χ0) is 9.14. The molecule has 0 saturated carbocycles. The molecular weight excluding hydrogens is 243 g/mol. The Morgan fingerprint density at radius 1 is 1.58 bits per heavy atom. The monoisotopic (exact) mass is 248 g/mol. The van der Waals surface area contributed by atoms with Gasteiger partial charge in [0, 0.05) is 0 Å². The maximum absolute atomic E-state index is 10.5. The molecule has 1 aromatic carbocycles. The van der Waals surface area contributed by atoms with Crippen LogP contribution >= 0.6 is 27.5 Å². The molecule has 0 unspecified atom stereocenters. The number of carbonyl (C=O) groups is 1. The summed E-state index contributed by atoms with van der Waals surface area (Å²) in [7, 11) is 1.53.